The Morgan fingerprint density at radius 3 is 2.75 bits per heavy atom. The average molecular weight is 307 g/mol. The Kier molecular flexibility index (Phi) is 4.59. The highest BCUT2D eigenvalue weighted by Gasteiger charge is 2.12. The summed E-state index contributed by atoms with van der Waals surface area (Å²) in [5.74, 6) is -0.314. The Labute approximate surface area is 125 Å². The number of carbonyl (C=O) groups is 1. The zero-order valence-corrected chi connectivity index (χ0v) is 12.6. The van der Waals surface area contributed by atoms with Crippen LogP contribution in [0.4, 0.5) is 5.69 Å². The maximum Gasteiger partial charge on any atom is 0.283 e. The van der Waals surface area contributed by atoms with Crippen LogP contribution in [0, 0.1) is 13.8 Å². The molecule has 2 aromatic rings. The lowest BCUT2D eigenvalue weighted by atomic mass is 10.2. The molecule has 3 N–H and O–H groups in total. The molecule has 8 heteroatoms. The molecule has 6 nitrogen and oxygen atoms in total. The minimum Gasteiger partial charge on any atom is -0.331 e. The first-order chi connectivity index (χ1) is 9.56. The second kappa shape index (κ2) is 6.40. The first kappa shape index (κ1) is 14.4. The third kappa shape index (κ3) is 3.72. The van der Waals surface area contributed by atoms with Crippen molar-refractivity contribution in [3.8, 4) is 0 Å². The van der Waals surface area contributed by atoms with Gasteiger partial charge in [-0.25, -0.2) is 0 Å². The Morgan fingerprint density at radius 2 is 2.10 bits per heavy atom. The van der Waals surface area contributed by atoms with Crippen LogP contribution in [0.1, 0.15) is 20.9 Å². The van der Waals surface area contributed by atoms with Crippen LogP contribution in [0.3, 0.4) is 0 Å². The molecule has 0 aliphatic rings. The Hall–Kier alpha value is -2.06. The third-order valence-corrected chi connectivity index (χ3v) is 3.45. The molecule has 0 radical (unpaired) electrons. The molecule has 0 spiro atoms. The molecule has 1 aromatic heterocycles. The predicted octanol–water partition coefficient (Wildman–Crippen LogP) is 1.79. The van der Waals surface area contributed by atoms with Crippen molar-refractivity contribution in [2.45, 2.75) is 13.8 Å². The minimum atomic E-state index is -0.314. The summed E-state index contributed by atoms with van der Waals surface area (Å²) >= 11 is 6.13. The maximum atomic E-state index is 11.8. The molecule has 0 aliphatic heterocycles. The zero-order chi connectivity index (χ0) is 14.5. The van der Waals surface area contributed by atoms with Crippen molar-refractivity contribution >= 4 is 40.5 Å². The van der Waals surface area contributed by atoms with E-state index in [0.29, 0.717) is 15.7 Å². The Morgan fingerprint density at radius 1 is 1.30 bits per heavy atom. The van der Waals surface area contributed by atoms with Crippen LogP contribution in [-0.4, -0.2) is 20.6 Å². The van der Waals surface area contributed by atoms with E-state index in [9.17, 15) is 4.79 Å². The third-order valence-electron chi connectivity index (χ3n) is 2.42. The summed E-state index contributed by atoms with van der Waals surface area (Å²) in [4.78, 5) is 12.3. The van der Waals surface area contributed by atoms with E-state index in [1.807, 2.05) is 31.2 Å². The van der Waals surface area contributed by atoms with Gasteiger partial charge in [0.15, 0.2) is 5.11 Å². The quantitative estimate of drug-likeness (QED) is 0.580. The van der Waals surface area contributed by atoms with Crippen LogP contribution >= 0.6 is 23.8 Å². The van der Waals surface area contributed by atoms with Gasteiger partial charge in [-0.1, -0.05) is 16.6 Å². The van der Waals surface area contributed by atoms with E-state index >= 15 is 0 Å². The van der Waals surface area contributed by atoms with Gasteiger partial charge in [0, 0.05) is 5.69 Å². The molecule has 1 aromatic carbocycles. The van der Waals surface area contributed by atoms with Crippen molar-refractivity contribution in [3.05, 3.63) is 40.4 Å². The number of nitrogens with zero attached hydrogens (tertiary/aromatic N) is 2. The number of aromatic nitrogens is 2. The van der Waals surface area contributed by atoms with Gasteiger partial charge in [-0.15, -0.1) is 5.10 Å². The van der Waals surface area contributed by atoms with Crippen LogP contribution in [0.25, 0.3) is 0 Å². The number of hydrogen-bond acceptors (Lipinski definition) is 5. The molecule has 0 saturated carbocycles. The summed E-state index contributed by atoms with van der Waals surface area (Å²) in [6, 6.07) is 7.75. The molecular formula is C12H13N5OS2. The van der Waals surface area contributed by atoms with E-state index in [-0.39, 0.29) is 5.91 Å². The van der Waals surface area contributed by atoms with Crippen molar-refractivity contribution in [2.75, 3.05) is 5.32 Å². The molecule has 0 unspecified atom stereocenters. The smallest absolute Gasteiger partial charge is 0.283 e. The fourth-order valence-electron chi connectivity index (χ4n) is 1.50. The largest absolute Gasteiger partial charge is 0.331 e. The Balaban J connectivity index is 1.87. The molecule has 0 atom stereocenters. The molecule has 20 heavy (non-hydrogen) atoms. The number of anilines is 1. The fraction of sp³-hybridized carbons (Fsp3) is 0.167. The number of aryl methyl sites for hydroxylation is 2. The van der Waals surface area contributed by atoms with E-state index in [0.717, 1.165) is 22.8 Å². The van der Waals surface area contributed by atoms with Crippen LogP contribution < -0.4 is 16.2 Å². The summed E-state index contributed by atoms with van der Waals surface area (Å²) in [6.45, 7) is 3.71. The van der Waals surface area contributed by atoms with Gasteiger partial charge < -0.3 is 5.32 Å². The van der Waals surface area contributed by atoms with E-state index in [1.54, 1.807) is 6.92 Å². The average Bonchev–Trinajstić information content (AvgIpc) is 2.82. The number of hydrazine groups is 1. The van der Waals surface area contributed by atoms with Gasteiger partial charge in [-0.05, 0) is 55.3 Å². The second-order valence-electron chi connectivity index (χ2n) is 4.09. The molecule has 0 saturated heterocycles. The molecule has 104 valence electrons. The summed E-state index contributed by atoms with van der Waals surface area (Å²) in [7, 11) is 0. The monoisotopic (exact) mass is 307 g/mol. The Bertz CT molecular complexity index is 640. The number of benzene rings is 1. The van der Waals surface area contributed by atoms with Gasteiger partial charge in [0.25, 0.3) is 5.91 Å². The van der Waals surface area contributed by atoms with Crippen molar-refractivity contribution in [3.63, 3.8) is 0 Å². The number of amides is 1. The molecule has 2 rings (SSSR count). The van der Waals surface area contributed by atoms with Gasteiger partial charge >= 0.3 is 0 Å². The lowest BCUT2D eigenvalue weighted by molar-refractivity contribution is 0.0947. The summed E-state index contributed by atoms with van der Waals surface area (Å²) < 4.78 is 3.70. The molecule has 0 aliphatic carbocycles. The van der Waals surface area contributed by atoms with Crippen LogP contribution in [0.5, 0.6) is 0 Å². The molecule has 0 fully saturated rings. The van der Waals surface area contributed by atoms with Crippen LogP contribution in [-0.2, 0) is 0 Å². The number of thiocarbonyl (C=S) groups is 1. The topological polar surface area (TPSA) is 78.9 Å². The van der Waals surface area contributed by atoms with Gasteiger partial charge in [-0.2, -0.15) is 0 Å². The molecule has 1 heterocycles. The van der Waals surface area contributed by atoms with Crippen LogP contribution in [0.2, 0.25) is 0 Å². The summed E-state index contributed by atoms with van der Waals surface area (Å²) in [5, 5.41) is 7.05. The van der Waals surface area contributed by atoms with Gasteiger partial charge in [0.05, 0.1) is 5.69 Å². The van der Waals surface area contributed by atoms with Crippen molar-refractivity contribution < 1.29 is 4.79 Å². The second-order valence-corrected chi connectivity index (χ2v) is 5.25. The highest BCUT2D eigenvalue weighted by atomic mass is 32.1. The number of carbonyl (C=O) groups excluding carboxylic acids is 1. The van der Waals surface area contributed by atoms with E-state index < -0.39 is 0 Å². The number of nitrogens with one attached hydrogen (secondary N) is 3. The van der Waals surface area contributed by atoms with E-state index in [4.69, 9.17) is 12.2 Å². The van der Waals surface area contributed by atoms with Gasteiger partial charge in [0.1, 0.15) is 4.88 Å². The number of hydrogen-bond donors (Lipinski definition) is 3. The summed E-state index contributed by atoms with van der Waals surface area (Å²) in [5.41, 5.74) is 7.70. The zero-order valence-electron chi connectivity index (χ0n) is 10.9. The maximum absolute atomic E-state index is 11.8. The molecule has 1 amide bonds. The molecular weight excluding hydrogens is 294 g/mol. The van der Waals surface area contributed by atoms with E-state index in [2.05, 4.69) is 25.8 Å². The number of rotatable bonds is 2. The van der Waals surface area contributed by atoms with E-state index in [1.165, 1.54) is 0 Å². The van der Waals surface area contributed by atoms with Gasteiger partial charge in [0.2, 0.25) is 0 Å². The molecule has 0 bridgehead atoms. The highest BCUT2D eigenvalue weighted by molar-refractivity contribution is 7.80. The minimum absolute atomic E-state index is 0.305. The normalized spacial score (nSPS) is 9.90. The van der Waals surface area contributed by atoms with Crippen molar-refractivity contribution in [1.82, 2.24) is 20.4 Å². The van der Waals surface area contributed by atoms with Crippen molar-refractivity contribution in [1.29, 1.82) is 0 Å². The van der Waals surface area contributed by atoms with Gasteiger partial charge in [-0.3, -0.25) is 15.6 Å². The SMILES string of the molecule is Cc1cccc(NC(=S)NNC(=O)c2snnc2C)c1. The summed E-state index contributed by atoms with van der Waals surface area (Å²) in [6.07, 6.45) is 0. The highest BCUT2D eigenvalue weighted by Crippen LogP contribution is 2.09. The van der Waals surface area contributed by atoms with Crippen LogP contribution in [0.15, 0.2) is 24.3 Å². The lowest BCUT2D eigenvalue weighted by Gasteiger charge is -2.11. The standard InChI is InChI=1S/C12H13N5OS2/c1-7-4-3-5-9(6-7)13-12(19)16-15-11(18)10-8(2)14-17-20-10/h3-6H,1-2H3,(H,15,18)(H2,13,16,19). The first-order valence-electron chi connectivity index (χ1n) is 5.79. The lowest BCUT2D eigenvalue weighted by Crippen LogP contribution is -2.43. The van der Waals surface area contributed by atoms with Crippen molar-refractivity contribution in [2.24, 2.45) is 0 Å². The predicted molar refractivity (Wildman–Crippen MR) is 82.6 cm³/mol. The fourth-order valence-corrected chi connectivity index (χ4v) is 2.22. The first-order valence-corrected chi connectivity index (χ1v) is 6.97.